The van der Waals surface area contributed by atoms with E-state index in [1.54, 1.807) is 54.7 Å². The first-order valence-corrected chi connectivity index (χ1v) is 6.92. The molecule has 0 atom stereocenters. The van der Waals surface area contributed by atoms with Gasteiger partial charge < -0.3 is 4.74 Å². The van der Waals surface area contributed by atoms with Crippen molar-refractivity contribution in [1.29, 1.82) is 0 Å². The Bertz CT molecular complexity index is 649. The van der Waals surface area contributed by atoms with Gasteiger partial charge in [-0.15, -0.1) is 0 Å². The molecule has 22 heavy (non-hydrogen) atoms. The highest BCUT2D eigenvalue weighted by Crippen LogP contribution is 2.22. The van der Waals surface area contributed by atoms with Gasteiger partial charge in [0.05, 0.1) is 5.56 Å². The first-order valence-electron chi connectivity index (χ1n) is 6.92. The number of rotatable bonds is 2. The number of hydrogen-bond donors (Lipinski definition) is 0. The molecule has 0 radical (unpaired) electrons. The fourth-order valence-electron chi connectivity index (χ4n) is 1.96. The van der Waals surface area contributed by atoms with Gasteiger partial charge in [-0.1, -0.05) is 24.3 Å². The summed E-state index contributed by atoms with van der Waals surface area (Å²) in [5.41, 5.74) is -0.256. The van der Waals surface area contributed by atoms with E-state index in [2.05, 4.69) is 4.98 Å². The predicted octanol–water partition coefficient (Wildman–Crippen LogP) is 3.66. The Morgan fingerprint density at radius 1 is 1.00 bits per heavy atom. The molecular weight excluding hydrogens is 280 g/mol. The van der Waals surface area contributed by atoms with Crippen molar-refractivity contribution in [1.82, 2.24) is 4.98 Å². The Morgan fingerprint density at radius 3 is 2.18 bits per heavy atom. The maximum absolute atomic E-state index is 12.4. The number of nitrogens with zero attached hydrogens (tertiary/aromatic N) is 2. The smallest absolute Gasteiger partial charge is 0.372 e. The zero-order valence-electron chi connectivity index (χ0n) is 12.8. The third kappa shape index (κ3) is 3.69. The van der Waals surface area contributed by atoms with E-state index in [0.717, 1.165) is 0 Å². The monoisotopic (exact) mass is 298 g/mol. The Hall–Kier alpha value is -2.69. The molecular formula is C17H18N2O3. The van der Waals surface area contributed by atoms with Crippen molar-refractivity contribution in [2.45, 2.75) is 26.3 Å². The average Bonchev–Trinajstić information content (AvgIpc) is 2.48. The van der Waals surface area contributed by atoms with Crippen LogP contribution < -0.4 is 4.90 Å². The highest BCUT2D eigenvalue weighted by molar-refractivity contribution is 6.01. The summed E-state index contributed by atoms with van der Waals surface area (Å²) in [5.74, 6) is -0.253. The molecule has 114 valence electrons. The number of carbonyl (C=O) groups is 2. The van der Waals surface area contributed by atoms with Crippen LogP contribution in [0.25, 0.3) is 0 Å². The second-order valence-corrected chi connectivity index (χ2v) is 5.72. The number of esters is 1. The van der Waals surface area contributed by atoms with E-state index >= 15 is 0 Å². The number of amides is 1. The number of pyridine rings is 1. The van der Waals surface area contributed by atoms with E-state index < -0.39 is 17.6 Å². The van der Waals surface area contributed by atoms with Crippen molar-refractivity contribution in [2.75, 3.05) is 4.90 Å². The van der Waals surface area contributed by atoms with E-state index in [0.29, 0.717) is 11.4 Å². The highest BCUT2D eigenvalue weighted by Gasteiger charge is 2.32. The Labute approximate surface area is 129 Å². The largest absolute Gasteiger partial charge is 0.423 e. The fourth-order valence-corrected chi connectivity index (χ4v) is 1.96. The lowest BCUT2D eigenvalue weighted by Crippen LogP contribution is -2.47. The molecule has 1 heterocycles. The van der Waals surface area contributed by atoms with Gasteiger partial charge in [0.15, 0.2) is 0 Å². The predicted molar refractivity (Wildman–Crippen MR) is 83.7 cm³/mol. The highest BCUT2D eigenvalue weighted by atomic mass is 16.6. The molecule has 1 aromatic carbocycles. The molecule has 0 aliphatic carbocycles. The second kappa shape index (κ2) is 6.39. The topological polar surface area (TPSA) is 59.5 Å². The molecule has 0 bridgehead atoms. The van der Waals surface area contributed by atoms with E-state index in [1.807, 2.05) is 20.8 Å². The first kappa shape index (κ1) is 15.7. The standard InChI is InChI=1S/C17H18N2O3/c1-17(2,3)19(14-11-7-8-12-18-14)16(21)22-15(20)13-9-5-4-6-10-13/h4-12H,1-3H3. The number of aromatic nitrogens is 1. The molecule has 2 rings (SSSR count). The SMILES string of the molecule is CC(C)(C)N(C(=O)OC(=O)c1ccccc1)c1ccccn1. The zero-order valence-corrected chi connectivity index (χ0v) is 12.8. The molecule has 0 N–H and O–H groups in total. The molecule has 0 spiro atoms. The molecule has 5 nitrogen and oxygen atoms in total. The number of carbonyl (C=O) groups excluding carboxylic acids is 2. The van der Waals surface area contributed by atoms with Gasteiger partial charge >= 0.3 is 12.1 Å². The van der Waals surface area contributed by atoms with Crippen molar-refractivity contribution in [3.8, 4) is 0 Å². The third-order valence-electron chi connectivity index (χ3n) is 2.92. The number of benzene rings is 1. The number of ether oxygens (including phenoxy) is 1. The minimum atomic E-state index is -0.750. The van der Waals surface area contributed by atoms with Gasteiger partial charge in [0.25, 0.3) is 0 Å². The summed E-state index contributed by atoms with van der Waals surface area (Å²) in [4.78, 5) is 30.0. The molecule has 0 saturated heterocycles. The molecule has 0 unspecified atom stereocenters. The van der Waals surface area contributed by atoms with Crippen LogP contribution in [0, 0.1) is 0 Å². The second-order valence-electron chi connectivity index (χ2n) is 5.72. The van der Waals surface area contributed by atoms with Gasteiger partial charge in [-0.2, -0.15) is 0 Å². The molecule has 5 heteroatoms. The van der Waals surface area contributed by atoms with Crippen LogP contribution in [0.2, 0.25) is 0 Å². The van der Waals surface area contributed by atoms with Crippen LogP contribution in [0.3, 0.4) is 0 Å². The molecule has 1 amide bonds. The van der Waals surface area contributed by atoms with Crippen LogP contribution in [-0.2, 0) is 4.74 Å². The van der Waals surface area contributed by atoms with Crippen LogP contribution in [0.5, 0.6) is 0 Å². The summed E-state index contributed by atoms with van der Waals surface area (Å²) >= 11 is 0. The number of anilines is 1. The summed E-state index contributed by atoms with van der Waals surface area (Å²) in [5, 5.41) is 0. The quantitative estimate of drug-likeness (QED) is 0.627. The van der Waals surface area contributed by atoms with E-state index in [9.17, 15) is 9.59 Å². The maximum atomic E-state index is 12.4. The Balaban J connectivity index is 2.22. The Kier molecular flexibility index (Phi) is 4.56. The zero-order chi connectivity index (χ0) is 16.2. The fraction of sp³-hybridized carbons (Fsp3) is 0.235. The van der Waals surface area contributed by atoms with Crippen molar-refractivity contribution >= 4 is 17.9 Å². The maximum Gasteiger partial charge on any atom is 0.423 e. The molecule has 0 fully saturated rings. The van der Waals surface area contributed by atoms with Gasteiger partial charge in [0.2, 0.25) is 0 Å². The van der Waals surface area contributed by atoms with Crippen LogP contribution >= 0.6 is 0 Å². The molecule has 0 saturated carbocycles. The number of hydrogen-bond acceptors (Lipinski definition) is 4. The molecule has 0 aliphatic heterocycles. The average molecular weight is 298 g/mol. The van der Waals surface area contributed by atoms with Crippen LogP contribution in [0.15, 0.2) is 54.7 Å². The molecule has 1 aromatic heterocycles. The molecule has 0 aliphatic rings. The van der Waals surface area contributed by atoms with Crippen molar-refractivity contribution in [3.63, 3.8) is 0 Å². The van der Waals surface area contributed by atoms with Crippen LogP contribution in [0.4, 0.5) is 10.6 Å². The molecule has 2 aromatic rings. The summed E-state index contributed by atoms with van der Waals surface area (Å²) in [6.45, 7) is 5.53. The van der Waals surface area contributed by atoms with E-state index in [4.69, 9.17) is 4.74 Å². The summed E-state index contributed by atoms with van der Waals surface area (Å²) in [6.07, 6.45) is 0.834. The van der Waals surface area contributed by atoms with Gasteiger partial charge in [0.1, 0.15) is 5.82 Å². The summed E-state index contributed by atoms with van der Waals surface area (Å²) in [7, 11) is 0. The van der Waals surface area contributed by atoms with Crippen LogP contribution in [-0.4, -0.2) is 22.6 Å². The van der Waals surface area contributed by atoms with Gasteiger partial charge in [-0.3, -0.25) is 4.90 Å². The minimum Gasteiger partial charge on any atom is -0.372 e. The lowest BCUT2D eigenvalue weighted by atomic mass is 10.1. The first-order chi connectivity index (χ1) is 10.4. The van der Waals surface area contributed by atoms with Gasteiger partial charge in [-0.05, 0) is 45.0 Å². The van der Waals surface area contributed by atoms with Gasteiger partial charge in [0, 0.05) is 11.7 Å². The van der Waals surface area contributed by atoms with Gasteiger partial charge in [-0.25, -0.2) is 14.6 Å². The minimum absolute atomic E-state index is 0.325. The van der Waals surface area contributed by atoms with E-state index in [1.165, 1.54) is 4.90 Å². The summed E-state index contributed by atoms with van der Waals surface area (Å²) in [6, 6.07) is 13.6. The Morgan fingerprint density at radius 2 is 1.64 bits per heavy atom. The van der Waals surface area contributed by atoms with E-state index in [-0.39, 0.29) is 0 Å². The third-order valence-corrected chi connectivity index (χ3v) is 2.92. The van der Waals surface area contributed by atoms with Crippen molar-refractivity contribution in [2.24, 2.45) is 0 Å². The van der Waals surface area contributed by atoms with Crippen LogP contribution in [0.1, 0.15) is 31.1 Å². The van der Waals surface area contributed by atoms with Crippen molar-refractivity contribution in [3.05, 3.63) is 60.3 Å². The normalized spacial score (nSPS) is 10.9. The lowest BCUT2D eigenvalue weighted by Gasteiger charge is -2.33. The lowest BCUT2D eigenvalue weighted by molar-refractivity contribution is 0.0627. The summed E-state index contributed by atoms with van der Waals surface area (Å²) < 4.78 is 4.99. The van der Waals surface area contributed by atoms with Crippen molar-refractivity contribution < 1.29 is 14.3 Å².